The van der Waals surface area contributed by atoms with Crippen molar-refractivity contribution in [1.29, 1.82) is 0 Å². The van der Waals surface area contributed by atoms with Gasteiger partial charge in [0.2, 0.25) is 5.91 Å². The van der Waals surface area contributed by atoms with Gasteiger partial charge in [-0.25, -0.2) is 0 Å². The number of anilines is 1. The van der Waals surface area contributed by atoms with Crippen LogP contribution in [0, 0.1) is 0 Å². The van der Waals surface area contributed by atoms with Gasteiger partial charge in [-0.2, -0.15) is 0 Å². The third-order valence-corrected chi connectivity index (χ3v) is 4.64. The molecule has 1 aliphatic heterocycles. The third kappa shape index (κ3) is 3.47. The molecular weight excluding hydrogens is 316 g/mol. The zero-order valence-electron chi connectivity index (χ0n) is 14.3. The van der Waals surface area contributed by atoms with Crippen LogP contribution in [-0.2, 0) is 4.79 Å². The molecule has 130 valence electrons. The molecule has 1 saturated heterocycles. The maximum Gasteiger partial charge on any atom is 0.271 e. The van der Waals surface area contributed by atoms with E-state index < -0.39 is 0 Å². The predicted octanol–water partition coefficient (Wildman–Crippen LogP) is 2.05. The molecule has 0 bridgehead atoms. The topological polar surface area (TPSA) is 69.3 Å². The van der Waals surface area contributed by atoms with Crippen molar-refractivity contribution in [3.8, 4) is 11.1 Å². The van der Waals surface area contributed by atoms with Crippen molar-refractivity contribution in [2.75, 3.05) is 24.5 Å². The Labute approximate surface area is 146 Å². The molecule has 1 fully saturated rings. The van der Waals surface area contributed by atoms with Crippen molar-refractivity contribution >= 4 is 11.6 Å². The zero-order chi connectivity index (χ0) is 17.8. The highest BCUT2D eigenvalue weighted by Crippen LogP contribution is 2.24. The normalized spacial score (nSPS) is 16.7. The Hall–Kier alpha value is -2.89. The Bertz CT molecular complexity index is 816. The number of pyridine rings is 2. The summed E-state index contributed by atoms with van der Waals surface area (Å²) in [5.74, 6) is -0.0574. The predicted molar refractivity (Wildman–Crippen MR) is 98.5 cm³/mol. The number of hydrogen-bond acceptors (Lipinski definition) is 4. The molecule has 0 saturated carbocycles. The Morgan fingerprint density at radius 2 is 2.20 bits per heavy atom. The van der Waals surface area contributed by atoms with Crippen LogP contribution in [0.4, 0.5) is 5.69 Å². The van der Waals surface area contributed by atoms with Crippen molar-refractivity contribution < 1.29 is 4.79 Å². The minimum atomic E-state index is -0.117. The average molecular weight is 338 g/mol. The van der Waals surface area contributed by atoms with Crippen molar-refractivity contribution in [3.05, 3.63) is 59.8 Å². The van der Waals surface area contributed by atoms with Crippen LogP contribution in [0.2, 0.25) is 0 Å². The minimum absolute atomic E-state index is 0.0574. The number of carbonyl (C=O) groups excluding carboxylic acids is 1. The number of aromatic nitrogens is 2. The molecule has 25 heavy (non-hydrogen) atoms. The van der Waals surface area contributed by atoms with E-state index in [0.717, 1.165) is 17.5 Å². The van der Waals surface area contributed by atoms with Crippen LogP contribution in [0.15, 0.2) is 54.2 Å². The number of aromatic amines is 1. The molecule has 2 aromatic heterocycles. The molecule has 0 aliphatic carbocycles. The van der Waals surface area contributed by atoms with Gasteiger partial charge in [0.25, 0.3) is 5.56 Å². The smallest absolute Gasteiger partial charge is 0.271 e. The molecule has 1 N–H and O–H groups in total. The fraction of sp³-hybridized carbons (Fsp3) is 0.316. The second-order valence-electron chi connectivity index (χ2n) is 6.06. The third-order valence-electron chi connectivity index (χ3n) is 4.64. The number of carbonyl (C=O) groups is 1. The van der Waals surface area contributed by atoms with Crippen LogP contribution < -0.4 is 10.5 Å². The number of nitrogens with one attached hydrogen (secondary N) is 1. The number of amides is 1. The van der Waals surface area contributed by atoms with E-state index in [-0.39, 0.29) is 17.5 Å². The van der Waals surface area contributed by atoms with E-state index in [1.807, 2.05) is 25.1 Å². The molecule has 6 heteroatoms. The van der Waals surface area contributed by atoms with Crippen molar-refractivity contribution in [2.24, 2.45) is 0 Å². The summed E-state index contributed by atoms with van der Waals surface area (Å²) >= 11 is 0. The summed E-state index contributed by atoms with van der Waals surface area (Å²) in [5.41, 5.74) is 2.45. The second-order valence-corrected chi connectivity index (χ2v) is 6.06. The van der Waals surface area contributed by atoms with E-state index in [0.29, 0.717) is 25.3 Å². The van der Waals surface area contributed by atoms with Crippen LogP contribution in [0.5, 0.6) is 0 Å². The number of likely N-dealkylation sites (N-methyl/N-ethyl adjacent to an activating group) is 1. The van der Waals surface area contributed by atoms with Gasteiger partial charge in [0.1, 0.15) is 5.69 Å². The summed E-state index contributed by atoms with van der Waals surface area (Å²) in [5, 5.41) is 0. The summed E-state index contributed by atoms with van der Waals surface area (Å²) < 4.78 is 0. The van der Waals surface area contributed by atoms with Crippen LogP contribution in [0.25, 0.3) is 11.1 Å². The lowest BCUT2D eigenvalue weighted by atomic mass is 10.1. The number of nitrogens with zero attached hydrogens (tertiary/aromatic N) is 3. The molecule has 1 atom stereocenters. The van der Waals surface area contributed by atoms with Crippen LogP contribution >= 0.6 is 0 Å². The number of H-pyrrole nitrogens is 1. The Morgan fingerprint density at radius 1 is 1.44 bits per heavy atom. The summed E-state index contributed by atoms with van der Waals surface area (Å²) in [6.45, 7) is 7.57. The summed E-state index contributed by atoms with van der Waals surface area (Å²) in [4.78, 5) is 35.0. The van der Waals surface area contributed by atoms with Gasteiger partial charge in [-0.3, -0.25) is 14.6 Å². The van der Waals surface area contributed by atoms with E-state index in [1.165, 1.54) is 6.08 Å². The molecule has 1 amide bonds. The van der Waals surface area contributed by atoms with E-state index in [9.17, 15) is 9.59 Å². The van der Waals surface area contributed by atoms with Gasteiger partial charge >= 0.3 is 0 Å². The minimum Gasteiger partial charge on any atom is -0.363 e. The Kier molecular flexibility index (Phi) is 4.97. The van der Waals surface area contributed by atoms with Gasteiger partial charge in [-0.15, -0.1) is 0 Å². The molecule has 1 aliphatic rings. The van der Waals surface area contributed by atoms with E-state index in [4.69, 9.17) is 0 Å². The van der Waals surface area contributed by atoms with Gasteiger partial charge in [0, 0.05) is 49.8 Å². The zero-order valence-corrected chi connectivity index (χ0v) is 14.3. The molecule has 6 nitrogen and oxygen atoms in total. The number of hydrogen-bond donors (Lipinski definition) is 1. The van der Waals surface area contributed by atoms with Crippen LogP contribution in [0.3, 0.4) is 0 Å². The lowest BCUT2D eigenvalue weighted by molar-refractivity contribution is -0.125. The van der Waals surface area contributed by atoms with Gasteiger partial charge in [-0.1, -0.05) is 6.58 Å². The van der Waals surface area contributed by atoms with Gasteiger partial charge in [0.15, 0.2) is 0 Å². The van der Waals surface area contributed by atoms with E-state index >= 15 is 0 Å². The van der Waals surface area contributed by atoms with Gasteiger partial charge in [0.05, 0.1) is 0 Å². The monoisotopic (exact) mass is 338 g/mol. The van der Waals surface area contributed by atoms with Crippen molar-refractivity contribution in [3.63, 3.8) is 0 Å². The maximum absolute atomic E-state index is 12.4. The second kappa shape index (κ2) is 7.34. The molecule has 0 spiro atoms. The van der Waals surface area contributed by atoms with Crippen LogP contribution in [-0.4, -0.2) is 46.5 Å². The number of likely N-dealkylation sites (tertiary alicyclic amines) is 1. The molecule has 3 rings (SSSR count). The van der Waals surface area contributed by atoms with E-state index in [1.54, 1.807) is 23.5 Å². The van der Waals surface area contributed by atoms with Crippen molar-refractivity contribution in [2.45, 2.75) is 19.4 Å². The molecule has 0 radical (unpaired) electrons. The first-order valence-electron chi connectivity index (χ1n) is 8.45. The highest BCUT2D eigenvalue weighted by molar-refractivity contribution is 5.87. The Morgan fingerprint density at radius 3 is 2.88 bits per heavy atom. The average Bonchev–Trinajstić information content (AvgIpc) is 3.14. The standard InChI is InChI=1S/C19H22N4O2/c1-3-18(24)22-10-7-16(13-22)23(4-2)17-11-15(12-21-19(17)25)14-5-8-20-9-6-14/h3,5-6,8-9,11-12,16H,1,4,7,10,13H2,2H3,(H,21,25). The Balaban J connectivity index is 1.90. The summed E-state index contributed by atoms with van der Waals surface area (Å²) in [7, 11) is 0. The quantitative estimate of drug-likeness (QED) is 0.847. The lowest BCUT2D eigenvalue weighted by Crippen LogP contribution is -2.41. The van der Waals surface area contributed by atoms with Crippen LogP contribution in [0.1, 0.15) is 13.3 Å². The lowest BCUT2D eigenvalue weighted by Gasteiger charge is -2.29. The van der Waals surface area contributed by atoms with Gasteiger partial charge < -0.3 is 14.8 Å². The molecular formula is C19H22N4O2. The van der Waals surface area contributed by atoms with Crippen molar-refractivity contribution in [1.82, 2.24) is 14.9 Å². The summed E-state index contributed by atoms with van der Waals surface area (Å²) in [6.07, 6.45) is 7.36. The fourth-order valence-electron chi connectivity index (χ4n) is 3.35. The highest BCUT2D eigenvalue weighted by Gasteiger charge is 2.30. The van der Waals surface area contributed by atoms with Gasteiger partial charge in [-0.05, 0) is 43.2 Å². The number of rotatable bonds is 5. The molecule has 0 aromatic carbocycles. The molecule has 1 unspecified atom stereocenters. The molecule has 2 aromatic rings. The fourth-order valence-corrected chi connectivity index (χ4v) is 3.35. The first-order valence-corrected chi connectivity index (χ1v) is 8.45. The highest BCUT2D eigenvalue weighted by atomic mass is 16.2. The largest absolute Gasteiger partial charge is 0.363 e. The SMILES string of the molecule is C=CC(=O)N1CCC(N(CC)c2cc(-c3ccncc3)c[nH]c2=O)C1. The molecule has 3 heterocycles. The first kappa shape index (κ1) is 17.0. The maximum atomic E-state index is 12.4. The summed E-state index contributed by atoms with van der Waals surface area (Å²) in [6, 6.07) is 5.86. The van der Waals surface area contributed by atoms with E-state index in [2.05, 4.69) is 21.4 Å². The first-order chi connectivity index (χ1) is 12.1.